The molecule has 2 atom stereocenters. The molecule has 0 aliphatic carbocycles. The van der Waals surface area contributed by atoms with Gasteiger partial charge < -0.3 is 11.1 Å². The van der Waals surface area contributed by atoms with Crippen molar-refractivity contribution in [1.29, 1.82) is 0 Å². The normalized spacial score (nSPS) is 21.6. The van der Waals surface area contributed by atoms with Crippen molar-refractivity contribution in [2.45, 2.75) is 19.8 Å². The lowest BCUT2D eigenvalue weighted by Gasteiger charge is -2.17. The highest BCUT2D eigenvalue weighted by Gasteiger charge is 2.33. The molecule has 124 valence electrons. The Bertz CT molecular complexity index is 452. The maximum atomic E-state index is 12.0. The molecule has 2 rings (SSSR count). The van der Waals surface area contributed by atoms with E-state index in [0.29, 0.717) is 30.8 Å². The van der Waals surface area contributed by atoms with Crippen LogP contribution in [0.2, 0.25) is 0 Å². The van der Waals surface area contributed by atoms with E-state index in [1.807, 2.05) is 6.07 Å². The van der Waals surface area contributed by atoms with E-state index in [2.05, 4.69) is 48.3 Å². The number of benzene rings is 1. The fourth-order valence-electron chi connectivity index (χ4n) is 2.98. The SMILES string of the molecule is CC(C)CNC(=O)CN1C[C@@H](CN)[C@H](c2ccccc2)C1.Cl. The number of likely N-dealkylation sites (tertiary alicyclic amines) is 1. The maximum Gasteiger partial charge on any atom is 0.234 e. The number of amides is 1. The first-order chi connectivity index (χ1) is 10.1. The Balaban J connectivity index is 0.00000242. The molecule has 5 heteroatoms. The van der Waals surface area contributed by atoms with E-state index >= 15 is 0 Å². The third-order valence-corrected chi connectivity index (χ3v) is 4.12. The number of rotatable bonds is 6. The van der Waals surface area contributed by atoms with Crippen molar-refractivity contribution >= 4 is 18.3 Å². The predicted molar refractivity (Wildman–Crippen MR) is 93.3 cm³/mol. The fourth-order valence-corrected chi connectivity index (χ4v) is 2.98. The highest BCUT2D eigenvalue weighted by Crippen LogP contribution is 2.31. The monoisotopic (exact) mass is 325 g/mol. The number of hydrogen-bond acceptors (Lipinski definition) is 3. The molecule has 22 heavy (non-hydrogen) atoms. The molecule has 0 radical (unpaired) electrons. The first-order valence-corrected chi connectivity index (χ1v) is 7.84. The zero-order valence-electron chi connectivity index (χ0n) is 13.5. The molecule has 1 heterocycles. The minimum atomic E-state index is 0. The molecule has 3 N–H and O–H groups in total. The topological polar surface area (TPSA) is 58.4 Å². The molecule has 0 unspecified atom stereocenters. The van der Waals surface area contributed by atoms with Crippen LogP contribution in [0.15, 0.2) is 30.3 Å². The summed E-state index contributed by atoms with van der Waals surface area (Å²) in [6.07, 6.45) is 0. The molecular weight excluding hydrogens is 298 g/mol. The summed E-state index contributed by atoms with van der Waals surface area (Å²) in [7, 11) is 0. The van der Waals surface area contributed by atoms with Crippen LogP contribution in [0.25, 0.3) is 0 Å². The highest BCUT2D eigenvalue weighted by molar-refractivity contribution is 5.85. The van der Waals surface area contributed by atoms with Gasteiger partial charge in [0, 0.05) is 25.6 Å². The molecule has 0 saturated carbocycles. The molecule has 1 fully saturated rings. The van der Waals surface area contributed by atoms with Crippen molar-refractivity contribution in [2.24, 2.45) is 17.6 Å². The smallest absolute Gasteiger partial charge is 0.234 e. The van der Waals surface area contributed by atoms with Crippen LogP contribution < -0.4 is 11.1 Å². The third kappa shape index (κ3) is 5.27. The molecule has 1 aromatic rings. The minimum absolute atomic E-state index is 0. The van der Waals surface area contributed by atoms with Crippen LogP contribution >= 0.6 is 12.4 Å². The van der Waals surface area contributed by atoms with Crippen molar-refractivity contribution in [3.8, 4) is 0 Å². The van der Waals surface area contributed by atoms with E-state index in [0.717, 1.165) is 19.6 Å². The molecule has 1 aromatic carbocycles. The quantitative estimate of drug-likeness (QED) is 0.839. The Kier molecular flexibility index (Phi) is 7.87. The number of carbonyl (C=O) groups excluding carboxylic acids is 1. The summed E-state index contributed by atoms with van der Waals surface area (Å²) in [5.74, 6) is 1.48. The van der Waals surface area contributed by atoms with Gasteiger partial charge in [0.05, 0.1) is 6.54 Å². The van der Waals surface area contributed by atoms with Gasteiger partial charge in [-0.2, -0.15) is 0 Å². The molecule has 4 nitrogen and oxygen atoms in total. The van der Waals surface area contributed by atoms with Crippen LogP contribution in [0.3, 0.4) is 0 Å². The first-order valence-electron chi connectivity index (χ1n) is 7.84. The Morgan fingerprint density at radius 3 is 2.59 bits per heavy atom. The van der Waals surface area contributed by atoms with Gasteiger partial charge in [-0.05, 0) is 23.9 Å². The summed E-state index contributed by atoms with van der Waals surface area (Å²) in [6, 6.07) is 10.5. The van der Waals surface area contributed by atoms with Crippen LogP contribution in [-0.2, 0) is 4.79 Å². The zero-order valence-corrected chi connectivity index (χ0v) is 14.3. The van der Waals surface area contributed by atoms with Gasteiger partial charge in [-0.25, -0.2) is 0 Å². The van der Waals surface area contributed by atoms with Gasteiger partial charge in [0.2, 0.25) is 5.91 Å². The van der Waals surface area contributed by atoms with E-state index in [4.69, 9.17) is 5.73 Å². The second kappa shape index (κ2) is 9.13. The van der Waals surface area contributed by atoms with Gasteiger partial charge in [0.25, 0.3) is 0 Å². The number of nitrogens with two attached hydrogens (primary N) is 1. The van der Waals surface area contributed by atoms with Gasteiger partial charge in [0.15, 0.2) is 0 Å². The number of carbonyl (C=O) groups is 1. The Morgan fingerprint density at radius 1 is 1.32 bits per heavy atom. The number of nitrogens with zero attached hydrogens (tertiary/aromatic N) is 1. The summed E-state index contributed by atoms with van der Waals surface area (Å²) in [6.45, 7) is 7.93. The van der Waals surface area contributed by atoms with E-state index in [-0.39, 0.29) is 18.3 Å². The summed E-state index contributed by atoms with van der Waals surface area (Å²) in [5.41, 5.74) is 7.26. The summed E-state index contributed by atoms with van der Waals surface area (Å²) >= 11 is 0. The highest BCUT2D eigenvalue weighted by atomic mass is 35.5. The lowest BCUT2D eigenvalue weighted by Crippen LogP contribution is -2.37. The molecular formula is C17H28ClN3O. The van der Waals surface area contributed by atoms with E-state index in [1.165, 1.54) is 5.56 Å². The van der Waals surface area contributed by atoms with Gasteiger partial charge in [0.1, 0.15) is 0 Å². The van der Waals surface area contributed by atoms with Crippen molar-refractivity contribution in [3.63, 3.8) is 0 Å². The van der Waals surface area contributed by atoms with Gasteiger partial charge >= 0.3 is 0 Å². The Hall–Kier alpha value is -1.10. The lowest BCUT2D eigenvalue weighted by molar-refractivity contribution is -0.122. The second-order valence-electron chi connectivity index (χ2n) is 6.40. The van der Waals surface area contributed by atoms with Crippen LogP contribution in [0.1, 0.15) is 25.3 Å². The summed E-state index contributed by atoms with van der Waals surface area (Å²) in [4.78, 5) is 14.2. The number of nitrogens with one attached hydrogen (secondary N) is 1. The largest absolute Gasteiger partial charge is 0.355 e. The number of halogens is 1. The molecule has 0 bridgehead atoms. The molecule has 0 spiro atoms. The zero-order chi connectivity index (χ0) is 15.2. The molecule has 1 saturated heterocycles. The van der Waals surface area contributed by atoms with Crippen molar-refractivity contribution in [1.82, 2.24) is 10.2 Å². The van der Waals surface area contributed by atoms with Crippen molar-refractivity contribution in [3.05, 3.63) is 35.9 Å². The van der Waals surface area contributed by atoms with Gasteiger partial charge in [-0.3, -0.25) is 9.69 Å². The Labute approximate surface area is 139 Å². The van der Waals surface area contributed by atoms with E-state index in [9.17, 15) is 4.79 Å². The summed E-state index contributed by atoms with van der Waals surface area (Å²) in [5, 5.41) is 2.98. The number of hydrogen-bond donors (Lipinski definition) is 2. The third-order valence-electron chi connectivity index (χ3n) is 4.12. The van der Waals surface area contributed by atoms with E-state index in [1.54, 1.807) is 0 Å². The molecule has 1 amide bonds. The van der Waals surface area contributed by atoms with Crippen LogP contribution in [0.5, 0.6) is 0 Å². The van der Waals surface area contributed by atoms with Crippen LogP contribution in [0, 0.1) is 11.8 Å². The molecule has 1 aliphatic heterocycles. The van der Waals surface area contributed by atoms with Crippen LogP contribution in [-0.4, -0.2) is 43.5 Å². The fraction of sp³-hybridized carbons (Fsp3) is 0.588. The lowest BCUT2D eigenvalue weighted by atomic mass is 9.89. The van der Waals surface area contributed by atoms with Crippen LogP contribution in [0.4, 0.5) is 0 Å². The average Bonchev–Trinajstić information content (AvgIpc) is 2.89. The maximum absolute atomic E-state index is 12.0. The van der Waals surface area contributed by atoms with Gasteiger partial charge in [-0.1, -0.05) is 44.2 Å². The average molecular weight is 326 g/mol. The summed E-state index contributed by atoms with van der Waals surface area (Å²) < 4.78 is 0. The molecule has 1 aliphatic rings. The van der Waals surface area contributed by atoms with E-state index < -0.39 is 0 Å². The standard InChI is InChI=1S/C17H27N3O.ClH/c1-13(2)9-19-17(21)12-20-10-15(8-18)16(11-20)14-6-4-3-5-7-14;/h3-7,13,15-16H,8-12,18H2,1-2H3,(H,19,21);1H/t15-,16+;/m1./s1. The van der Waals surface area contributed by atoms with Gasteiger partial charge in [-0.15, -0.1) is 12.4 Å². The Morgan fingerprint density at radius 2 is 2.00 bits per heavy atom. The predicted octanol–water partition coefficient (Wildman–Crippen LogP) is 1.85. The van der Waals surface area contributed by atoms with Crippen molar-refractivity contribution < 1.29 is 4.79 Å². The minimum Gasteiger partial charge on any atom is -0.355 e. The first kappa shape index (κ1) is 18.9. The molecule has 0 aromatic heterocycles. The second-order valence-corrected chi connectivity index (χ2v) is 6.40. The van der Waals surface area contributed by atoms with Crippen molar-refractivity contribution in [2.75, 3.05) is 32.7 Å².